The lowest BCUT2D eigenvalue weighted by atomic mass is 10.00. The highest BCUT2D eigenvalue weighted by atomic mass is 16.3. The Morgan fingerprint density at radius 2 is 0.660 bits per heavy atom. The summed E-state index contributed by atoms with van der Waals surface area (Å²) < 4.78 is 6.55. The quantitative estimate of drug-likeness (QED) is 0.176. The second-order valence-electron chi connectivity index (χ2n) is 13.3. The summed E-state index contributed by atoms with van der Waals surface area (Å²) in [6.07, 6.45) is 0. The van der Waals surface area contributed by atoms with Gasteiger partial charge in [0.05, 0.1) is 0 Å². The zero-order valence-corrected chi connectivity index (χ0v) is 28.6. The van der Waals surface area contributed by atoms with Gasteiger partial charge in [0.15, 0.2) is 17.5 Å². The number of aromatic nitrogens is 3. The number of furan rings is 1. The maximum atomic E-state index is 6.55. The molecule has 0 saturated carbocycles. The largest absolute Gasteiger partial charge is 0.456 e. The molecule has 0 atom stereocenters. The molecule has 0 N–H and O–H groups in total. The van der Waals surface area contributed by atoms with Crippen LogP contribution in [0.25, 0.3) is 100 Å². The van der Waals surface area contributed by atoms with Crippen molar-refractivity contribution in [2.45, 2.75) is 0 Å². The summed E-state index contributed by atoms with van der Waals surface area (Å²) in [6, 6.07) is 65.2. The number of fused-ring (bicyclic) bond motifs is 4. The molecule has 8 aromatic carbocycles. The van der Waals surface area contributed by atoms with Crippen molar-refractivity contribution in [1.82, 2.24) is 15.0 Å². The van der Waals surface area contributed by atoms with E-state index in [1.807, 2.05) is 12.1 Å². The highest BCUT2D eigenvalue weighted by Gasteiger charge is 2.16. The van der Waals surface area contributed by atoms with Crippen LogP contribution in [0.4, 0.5) is 0 Å². The van der Waals surface area contributed by atoms with Crippen LogP contribution in [-0.2, 0) is 0 Å². The number of hydrogen-bond donors (Lipinski definition) is 0. The third-order valence-electron chi connectivity index (χ3n) is 9.91. The van der Waals surface area contributed by atoms with Gasteiger partial charge < -0.3 is 4.42 Å². The summed E-state index contributed by atoms with van der Waals surface area (Å²) in [5.74, 6) is 1.80. The summed E-state index contributed by atoms with van der Waals surface area (Å²) in [6.45, 7) is 0. The first-order valence-electron chi connectivity index (χ1n) is 17.8. The van der Waals surface area contributed by atoms with E-state index in [0.717, 1.165) is 72.0 Å². The van der Waals surface area contributed by atoms with Crippen molar-refractivity contribution >= 4 is 32.7 Å². The molecule has 0 aliphatic heterocycles. The van der Waals surface area contributed by atoms with Gasteiger partial charge in [0, 0.05) is 27.5 Å². The molecule has 2 aromatic heterocycles. The van der Waals surface area contributed by atoms with Crippen molar-refractivity contribution < 1.29 is 4.42 Å². The first-order valence-corrected chi connectivity index (χ1v) is 17.8. The third-order valence-corrected chi connectivity index (χ3v) is 9.91. The fraction of sp³-hybridized carbons (Fsp3) is 0. The molecule has 0 fully saturated rings. The van der Waals surface area contributed by atoms with Crippen molar-refractivity contribution in [2.75, 3.05) is 0 Å². The number of rotatable bonds is 6. The standard InChI is InChI=1S/C49H31N3O/c1-3-11-32(12-4-1)36-17-9-19-40(28-36)47-50-48(41-20-10-18-37(29-41)33-13-5-2-6-14-33)52-49(51-47)42-24-26-44-43-25-23-39(30-45(43)53-46(44)31-42)38-22-21-34-15-7-8-16-35(34)27-38/h1-31H. The minimum Gasteiger partial charge on any atom is -0.456 e. The van der Waals surface area contributed by atoms with E-state index in [2.05, 4.69) is 176 Å². The van der Waals surface area contributed by atoms with Crippen molar-refractivity contribution in [2.24, 2.45) is 0 Å². The van der Waals surface area contributed by atoms with Crippen LogP contribution < -0.4 is 0 Å². The van der Waals surface area contributed by atoms with Crippen LogP contribution >= 0.6 is 0 Å². The second kappa shape index (κ2) is 12.9. The van der Waals surface area contributed by atoms with E-state index in [1.54, 1.807) is 0 Å². The number of benzene rings is 8. The van der Waals surface area contributed by atoms with E-state index < -0.39 is 0 Å². The van der Waals surface area contributed by atoms with Crippen molar-refractivity contribution in [3.63, 3.8) is 0 Å². The molecule has 0 aliphatic rings. The Bertz CT molecular complexity index is 2850. The fourth-order valence-electron chi connectivity index (χ4n) is 7.16. The molecule has 0 amide bonds. The predicted molar refractivity (Wildman–Crippen MR) is 217 cm³/mol. The number of nitrogens with zero attached hydrogens (tertiary/aromatic N) is 3. The third kappa shape index (κ3) is 5.82. The van der Waals surface area contributed by atoms with Crippen LogP contribution in [0.15, 0.2) is 192 Å². The highest BCUT2D eigenvalue weighted by molar-refractivity contribution is 6.07. The molecule has 10 rings (SSSR count). The molecule has 0 spiro atoms. The first-order chi connectivity index (χ1) is 26.2. The van der Waals surface area contributed by atoms with Crippen LogP contribution in [0.1, 0.15) is 0 Å². The van der Waals surface area contributed by atoms with Crippen LogP contribution in [0.3, 0.4) is 0 Å². The maximum Gasteiger partial charge on any atom is 0.164 e. The normalized spacial score (nSPS) is 11.4. The van der Waals surface area contributed by atoms with E-state index in [9.17, 15) is 0 Å². The lowest BCUT2D eigenvalue weighted by Crippen LogP contribution is -2.00. The molecule has 0 saturated heterocycles. The summed E-state index contributed by atoms with van der Waals surface area (Å²) in [5.41, 5.74) is 11.1. The fourth-order valence-corrected chi connectivity index (χ4v) is 7.16. The zero-order chi connectivity index (χ0) is 35.1. The Morgan fingerprint density at radius 3 is 1.25 bits per heavy atom. The molecular formula is C49H31N3O. The molecule has 2 heterocycles. The Balaban J connectivity index is 1.09. The molecule has 4 nitrogen and oxygen atoms in total. The average Bonchev–Trinajstić information content (AvgIpc) is 3.61. The molecule has 10 aromatic rings. The van der Waals surface area contributed by atoms with Gasteiger partial charge in [0.2, 0.25) is 0 Å². The molecule has 0 unspecified atom stereocenters. The van der Waals surface area contributed by atoms with Crippen molar-refractivity contribution in [1.29, 1.82) is 0 Å². The van der Waals surface area contributed by atoms with E-state index in [4.69, 9.17) is 19.4 Å². The highest BCUT2D eigenvalue weighted by Crippen LogP contribution is 2.36. The van der Waals surface area contributed by atoms with Gasteiger partial charge in [0.25, 0.3) is 0 Å². The smallest absolute Gasteiger partial charge is 0.164 e. The summed E-state index contributed by atoms with van der Waals surface area (Å²) >= 11 is 0. The SMILES string of the molecule is c1ccc(-c2cccc(-c3nc(-c4cccc(-c5ccccc5)c4)nc(-c4ccc5c(c4)oc4cc(-c6ccc7ccccc7c6)ccc45)n3)c2)cc1. The molecule has 53 heavy (non-hydrogen) atoms. The van der Waals surface area contributed by atoms with Crippen LogP contribution in [0.2, 0.25) is 0 Å². The molecule has 0 bridgehead atoms. The Labute approximate surface area is 306 Å². The van der Waals surface area contributed by atoms with Gasteiger partial charge >= 0.3 is 0 Å². The lowest BCUT2D eigenvalue weighted by molar-refractivity contribution is 0.669. The first kappa shape index (κ1) is 30.6. The monoisotopic (exact) mass is 677 g/mol. The lowest BCUT2D eigenvalue weighted by Gasteiger charge is -2.10. The minimum absolute atomic E-state index is 0.583. The van der Waals surface area contributed by atoms with E-state index >= 15 is 0 Å². The van der Waals surface area contributed by atoms with Crippen molar-refractivity contribution in [3.05, 3.63) is 188 Å². The van der Waals surface area contributed by atoms with Crippen LogP contribution in [0.5, 0.6) is 0 Å². The Morgan fingerprint density at radius 1 is 0.264 bits per heavy atom. The second-order valence-corrected chi connectivity index (χ2v) is 13.3. The Kier molecular flexibility index (Phi) is 7.43. The molecular weight excluding hydrogens is 647 g/mol. The molecule has 0 radical (unpaired) electrons. The van der Waals surface area contributed by atoms with E-state index in [-0.39, 0.29) is 0 Å². The van der Waals surface area contributed by atoms with Gasteiger partial charge in [-0.2, -0.15) is 0 Å². The van der Waals surface area contributed by atoms with Gasteiger partial charge in [-0.3, -0.25) is 0 Å². The molecule has 4 heteroatoms. The predicted octanol–water partition coefficient (Wildman–Crippen LogP) is 12.9. The molecule has 248 valence electrons. The molecule has 0 aliphatic carbocycles. The van der Waals surface area contributed by atoms with Gasteiger partial charge in [0.1, 0.15) is 11.2 Å². The Hall–Kier alpha value is -7.17. The van der Waals surface area contributed by atoms with Gasteiger partial charge in [-0.1, -0.05) is 146 Å². The van der Waals surface area contributed by atoms with Crippen LogP contribution in [-0.4, -0.2) is 15.0 Å². The maximum absolute atomic E-state index is 6.55. The van der Waals surface area contributed by atoms with Gasteiger partial charge in [-0.05, 0) is 86.6 Å². The van der Waals surface area contributed by atoms with Crippen molar-refractivity contribution in [3.8, 4) is 67.5 Å². The summed E-state index contributed by atoms with van der Waals surface area (Å²) in [7, 11) is 0. The number of hydrogen-bond acceptors (Lipinski definition) is 4. The van der Waals surface area contributed by atoms with Gasteiger partial charge in [-0.15, -0.1) is 0 Å². The van der Waals surface area contributed by atoms with Gasteiger partial charge in [-0.25, -0.2) is 15.0 Å². The van der Waals surface area contributed by atoms with E-state index in [0.29, 0.717) is 17.5 Å². The summed E-state index contributed by atoms with van der Waals surface area (Å²) in [5, 5.41) is 4.57. The topological polar surface area (TPSA) is 51.8 Å². The average molecular weight is 678 g/mol. The van der Waals surface area contributed by atoms with Crippen LogP contribution in [0, 0.1) is 0 Å². The zero-order valence-electron chi connectivity index (χ0n) is 28.6. The summed E-state index contributed by atoms with van der Waals surface area (Å²) in [4.78, 5) is 15.3. The van der Waals surface area contributed by atoms with E-state index in [1.165, 1.54) is 10.8 Å². The minimum atomic E-state index is 0.583.